The van der Waals surface area contributed by atoms with Crippen LogP contribution in [0.1, 0.15) is 12.6 Å². The van der Waals surface area contributed by atoms with E-state index in [9.17, 15) is 24.2 Å². The van der Waals surface area contributed by atoms with Gasteiger partial charge in [0.05, 0.1) is 71.9 Å². The van der Waals surface area contributed by atoms with Crippen molar-refractivity contribution in [1.29, 1.82) is 0 Å². The topological polar surface area (TPSA) is 246 Å². The van der Waals surface area contributed by atoms with Crippen LogP contribution in [-0.2, 0) is 37.6 Å². The number of hydrogen-bond acceptors (Lipinski definition) is 14. The summed E-state index contributed by atoms with van der Waals surface area (Å²) in [7, 11) is -7.32. The minimum absolute atomic E-state index is 0.122. The van der Waals surface area contributed by atoms with Crippen molar-refractivity contribution in [3.8, 4) is 0 Å². The van der Waals surface area contributed by atoms with E-state index in [4.69, 9.17) is 49.8 Å². The number of aliphatic hydroxyl groups excluding tert-OH is 2. The molecule has 2 aromatic heterocycles. The van der Waals surface area contributed by atoms with Gasteiger partial charge in [-0.1, -0.05) is 0 Å². The highest BCUT2D eigenvalue weighted by Gasteiger charge is 2.45. The van der Waals surface area contributed by atoms with Gasteiger partial charge in [0.1, 0.15) is 18.1 Å². The van der Waals surface area contributed by atoms with Crippen molar-refractivity contribution in [2.45, 2.75) is 31.0 Å². The zero-order chi connectivity index (χ0) is 32.2. The summed E-state index contributed by atoms with van der Waals surface area (Å²) < 4.78 is 57.0. The van der Waals surface area contributed by atoms with E-state index in [0.29, 0.717) is 77.3 Å². The average Bonchev–Trinajstić information content (AvgIpc) is 3.48. The second kappa shape index (κ2) is 18.1. The predicted molar refractivity (Wildman–Crippen MR) is 156 cm³/mol. The molecule has 2 aromatic rings. The van der Waals surface area contributed by atoms with Gasteiger partial charge in [0.25, 0.3) is 0 Å². The Labute approximate surface area is 258 Å². The molecule has 0 radical (unpaired) electrons. The van der Waals surface area contributed by atoms with Gasteiger partial charge in [0, 0.05) is 19.8 Å². The predicted octanol–water partition coefficient (Wildman–Crippen LogP) is 0.0193. The molecule has 21 heteroatoms. The molecule has 1 aliphatic heterocycles. The lowest BCUT2D eigenvalue weighted by molar-refractivity contribution is -0.0354. The maximum absolute atomic E-state index is 12.2. The molecule has 3 heterocycles. The van der Waals surface area contributed by atoms with Gasteiger partial charge in [-0.15, -0.1) is 0 Å². The Morgan fingerprint density at radius 3 is 2.11 bits per heavy atom. The highest BCUT2D eigenvalue weighted by atomic mass is 35.5. The van der Waals surface area contributed by atoms with Crippen molar-refractivity contribution < 1.29 is 62.4 Å². The molecule has 18 nitrogen and oxygen atoms in total. The average molecular weight is 692 g/mol. The number of aliphatic hydroxyl groups is 2. The van der Waals surface area contributed by atoms with Gasteiger partial charge in [-0.3, -0.25) is 13.7 Å². The normalized spacial score (nSPS) is 22.1. The van der Waals surface area contributed by atoms with Crippen LogP contribution in [0.3, 0.4) is 0 Å². The second-order valence-corrected chi connectivity index (χ2v) is 14.7. The minimum Gasteiger partial charge on any atom is -0.388 e. The molecule has 1 saturated heterocycles. The number of fused-ring (bicyclic) bond motifs is 1. The van der Waals surface area contributed by atoms with Gasteiger partial charge in [-0.05, 0) is 18.0 Å². The van der Waals surface area contributed by atoms with E-state index in [0.717, 1.165) is 0 Å². The fourth-order valence-corrected chi connectivity index (χ4v) is 7.92. The molecular formula is C23H40ClN5O13P2. The standard InChI is InChI=1S/C23H40ClN5O13P2/c1-37-5-6-39-9-10-41-12-11-40-8-7-38-4-3-25-20-17-21(28-23(24)27-20)29(14-26-17)22-19(31)18(30)16(42-22)2-13-43(32,33)15-44(34,35)36/h14,16,18-19,22,30-31H,2-13,15H2,1H3,(H,32,33)(H,25,27,28)(H2,34,35,36)/t16-,18?,19?,22-/m1/s1. The Morgan fingerprint density at radius 1 is 0.932 bits per heavy atom. The molecule has 0 amide bonds. The summed E-state index contributed by atoms with van der Waals surface area (Å²) in [5.74, 6) is -0.891. The number of hydrogen-bond donors (Lipinski definition) is 6. The summed E-state index contributed by atoms with van der Waals surface area (Å²) in [6.07, 6.45) is -4.64. The number of imidazole rings is 1. The largest absolute Gasteiger partial charge is 0.388 e. The van der Waals surface area contributed by atoms with E-state index in [2.05, 4.69) is 20.3 Å². The van der Waals surface area contributed by atoms with Crippen LogP contribution >= 0.6 is 26.6 Å². The van der Waals surface area contributed by atoms with Crippen LogP contribution in [0.5, 0.6) is 0 Å². The number of nitrogens with one attached hydrogen (secondary N) is 1. The maximum Gasteiger partial charge on any atom is 0.335 e. The summed E-state index contributed by atoms with van der Waals surface area (Å²) in [6.45, 7) is 4.32. The smallest absolute Gasteiger partial charge is 0.335 e. The number of nitrogens with zero attached hydrogens (tertiary/aromatic N) is 4. The maximum atomic E-state index is 12.2. The molecular weight excluding hydrogens is 652 g/mol. The van der Waals surface area contributed by atoms with E-state index >= 15 is 0 Å². The fourth-order valence-electron chi connectivity index (χ4n) is 4.23. The van der Waals surface area contributed by atoms with Crippen molar-refractivity contribution in [3.05, 3.63) is 11.6 Å². The number of methoxy groups -OCH3 is 1. The first-order valence-electron chi connectivity index (χ1n) is 13.7. The van der Waals surface area contributed by atoms with Crippen LogP contribution < -0.4 is 5.32 Å². The highest BCUT2D eigenvalue weighted by Crippen LogP contribution is 2.55. The van der Waals surface area contributed by atoms with Gasteiger partial charge in [0.15, 0.2) is 23.2 Å². The summed E-state index contributed by atoms with van der Waals surface area (Å²) in [4.78, 5) is 40.6. The van der Waals surface area contributed by atoms with Gasteiger partial charge in [-0.2, -0.15) is 9.97 Å². The monoisotopic (exact) mass is 691 g/mol. The summed E-state index contributed by atoms with van der Waals surface area (Å²) in [5.41, 5.74) is 0.494. The minimum atomic E-state index is -4.72. The van der Waals surface area contributed by atoms with Gasteiger partial charge in [0.2, 0.25) is 12.7 Å². The van der Waals surface area contributed by atoms with Crippen LogP contribution in [0, 0.1) is 0 Å². The summed E-state index contributed by atoms with van der Waals surface area (Å²) in [6, 6.07) is 0. The number of halogens is 1. The lowest BCUT2D eigenvalue weighted by atomic mass is 10.1. The summed E-state index contributed by atoms with van der Waals surface area (Å²) >= 11 is 6.13. The van der Waals surface area contributed by atoms with Gasteiger partial charge < -0.3 is 58.6 Å². The molecule has 252 valence electrons. The highest BCUT2D eigenvalue weighted by molar-refractivity contribution is 7.72. The van der Waals surface area contributed by atoms with Crippen molar-refractivity contribution in [2.75, 3.05) is 90.5 Å². The Hall–Kier alpha value is -1.34. The first kappa shape index (κ1) is 37.1. The molecule has 0 aliphatic carbocycles. The number of rotatable bonds is 22. The third-order valence-corrected chi connectivity index (χ3v) is 10.6. The Balaban J connectivity index is 1.43. The molecule has 0 aromatic carbocycles. The van der Waals surface area contributed by atoms with Crippen LogP contribution in [0.2, 0.25) is 5.28 Å². The molecule has 6 N–H and O–H groups in total. The van der Waals surface area contributed by atoms with Crippen LogP contribution in [0.25, 0.3) is 11.2 Å². The Morgan fingerprint density at radius 2 is 1.52 bits per heavy atom. The molecule has 0 bridgehead atoms. The van der Waals surface area contributed by atoms with Crippen LogP contribution in [0.4, 0.5) is 5.82 Å². The second-order valence-electron chi connectivity index (χ2n) is 9.75. The van der Waals surface area contributed by atoms with Crippen LogP contribution in [-0.4, -0.2) is 148 Å². The molecule has 5 atom stereocenters. The molecule has 3 rings (SSSR count). The van der Waals surface area contributed by atoms with Gasteiger partial charge in [-0.25, -0.2) is 4.98 Å². The zero-order valence-corrected chi connectivity index (χ0v) is 26.7. The van der Waals surface area contributed by atoms with Crippen molar-refractivity contribution in [1.82, 2.24) is 19.5 Å². The SMILES string of the molecule is COCCOCCOCCOCCOCCNc1nc(Cl)nc2c1ncn2[C@@H]1O[C@H](CCP(=O)(O)CP(=O)(O)O)C(O)C1O. The third-order valence-electron chi connectivity index (χ3n) is 6.26. The van der Waals surface area contributed by atoms with E-state index < -0.39 is 51.6 Å². The first-order chi connectivity index (χ1) is 20.9. The molecule has 0 spiro atoms. The van der Waals surface area contributed by atoms with E-state index in [1.54, 1.807) is 7.11 Å². The number of anilines is 1. The lowest BCUT2D eigenvalue weighted by Gasteiger charge is -2.18. The van der Waals surface area contributed by atoms with E-state index in [1.165, 1.54) is 10.9 Å². The number of ether oxygens (including phenoxy) is 6. The zero-order valence-electron chi connectivity index (χ0n) is 24.1. The molecule has 3 unspecified atom stereocenters. The quantitative estimate of drug-likeness (QED) is 0.0541. The lowest BCUT2D eigenvalue weighted by Crippen LogP contribution is -2.32. The molecule has 44 heavy (non-hydrogen) atoms. The fraction of sp³-hybridized carbons (Fsp3) is 0.783. The van der Waals surface area contributed by atoms with E-state index in [1.807, 2.05) is 0 Å². The van der Waals surface area contributed by atoms with Crippen LogP contribution in [0.15, 0.2) is 6.33 Å². The van der Waals surface area contributed by atoms with Crippen molar-refractivity contribution in [2.24, 2.45) is 0 Å². The summed E-state index contributed by atoms with van der Waals surface area (Å²) in [5, 5.41) is 24.1. The van der Waals surface area contributed by atoms with Crippen molar-refractivity contribution >= 4 is 43.5 Å². The Bertz CT molecular complexity index is 1250. The first-order valence-corrected chi connectivity index (χ1v) is 17.9. The van der Waals surface area contributed by atoms with E-state index in [-0.39, 0.29) is 17.4 Å². The molecule has 0 saturated carbocycles. The molecule has 1 aliphatic rings. The van der Waals surface area contributed by atoms with Gasteiger partial charge >= 0.3 is 7.60 Å². The van der Waals surface area contributed by atoms with Crippen molar-refractivity contribution in [3.63, 3.8) is 0 Å². The Kier molecular flexibility index (Phi) is 15.3. The molecule has 1 fully saturated rings. The number of aromatic nitrogens is 4. The third kappa shape index (κ3) is 12.1.